The molecular weight excluding hydrogens is 248 g/mol. The second kappa shape index (κ2) is 5.43. The van der Waals surface area contributed by atoms with E-state index < -0.39 is 5.97 Å². The Labute approximate surface area is 110 Å². The molecule has 0 spiro atoms. The zero-order chi connectivity index (χ0) is 13.8. The summed E-state index contributed by atoms with van der Waals surface area (Å²) in [4.78, 5) is 11.0. The highest BCUT2D eigenvalue weighted by atomic mass is 16.5. The van der Waals surface area contributed by atoms with E-state index >= 15 is 0 Å². The Hall–Kier alpha value is -2.50. The maximum atomic E-state index is 11.0. The van der Waals surface area contributed by atoms with Crippen molar-refractivity contribution in [2.45, 2.75) is 6.61 Å². The highest BCUT2D eigenvalue weighted by Crippen LogP contribution is 2.19. The Morgan fingerprint density at radius 2 is 1.95 bits per heavy atom. The van der Waals surface area contributed by atoms with Crippen LogP contribution in [0.4, 0.5) is 0 Å². The van der Waals surface area contributed by atoms with Crippen LogP contribution in [0, 0.1) is 0 Å². The van der Waals surface area contributed by atoms with Gasteiger partial charge in [-0.3, -0.25) is 4.68 Å². The van der Waals surface area contributed by atoms with Crippen molar-refractivity contribution in [3.8, 4) is 11.5 Å². The van der Waals surface area contributed by atoms with E-state index in [4.69, 9.17) is 14.6 Å². The van der Waals surface area contributed by atoms with Gasteiger partial charge in [-0.1, -0.05) is 0 Å². The van der Waals surface area contributed by atoms with Crippen molar-refractivity contribution in [1.29, 1.82) is 0 Å². The van der Waals surface area contributed by atoms with Gasteiger partial charge in [-0.25, -0.2) is 4.79 Å². The number of ether oxygens (including phenoxy) is 2. The molecule has 100 valence electrons. The number of hydrogen-bond donors (Lipinski definition) is 1. The van der Waals surface area contributed by atoms with Crippen molar-refractivity contribution in [1.82, 2.24) is 9.78 Å². The van der Waals surface area contributed by atoms with E-state index in [2.05, 4.69) is 5.10 Å². The fourth-order valence-corrected chi connectivity index (χ4v) is 1.64. The molecule has 2 aromatic rings. The maximum Gasteiger partial charge on any atom is 0.339 e. The maximum absolute atomic E-state index is 11.0. The van der Waals surface area contributed by atoms with Gasteiger partial charge in [0.1, 0.15) is 23.7 Å². The van der Waals surface area contributed by atoms with Crippen LogP contribution < -0.4 is 9.47 Å². The number of aryl methyl sites for hydroxylation is 1. The molecule has 0 amide bonds. The summed E-state index contributed by atoms with van der Waals surface area (Å²) in [5, 5.41) is 12.9. The van der Waals surface area contributed by atoms with E-state index in [1.54, 1.807) is 38.4 Å². The molecule has 6 nitrogen and oxygen atoms in total. The summed E-state index contributed by atoms with van der Waals surface area (Å²) in [5.74, 6) is 0.360. The number of nitrogens with zero attached hydrogens (tertiary/aromatic N) is 2. The standard InChI is InChI=1S/C13H14N2O4/c1-15-12(11(7-14-15)13(16)17)8-19-10-5-3-9(18-2)4-6-10/h3-7H,8H2,1-2H3,(H,16,17). The van der Waals surface area contributed by atoms with Gasteiger partial charge >= 0.3 is 5.97 Å². The minimum Gasteiger partial charge on any atom is -0.497 e. The molecule has 0 saturated carbocycles. The normalized spacial score (nSPS) is 10.2. The van der Waals surface area contributed by atoms with Gasteiger partial charge in [-0.15, -0.1) is 0 Å². The van der Waals surface area contributed by atoms with Crippen molar-refractivity contribution < 1.29 is 19.4 Å². The molecular formula is C13H14N2O4. The summed E-state index contributed by atoms with van der Waals surface area (Å²) in [6.07, 6.45) is 1.31. The number of aromatic nitrogens is 2. The van der Waals surface area contributed by atoms with Crippen molar-refractivity contribution in [2.75, 3.05) is 7.11 Å². The first-order valence-corrected chi connectivity index (χ1v) is 5.63. The fourth-order valence-electron chi connectivity index (χ4n) is 1.64. The fraction of sp³-hybridized carbons (Fsp3) is 0.231. The first-order valence-electron chi connectivity index (χ1n) is 5.63. The van der Waals surface area contributed by atoms with Crippen LogP contribution in [0.1, 0.15) is 16.1 Å². The molecule has 0 aliphatic rings. The summed E-state index contributed by atoms with van der Waals surface area (Å²) < 4.78 is 12.1. The van der Waals surface area contributed by atoms with Crippen molar-refractivity contribution in [2.24, 2.45) is 7.05 Å². The quantitative estimate of drug-likeness (QED) is 0.887. The lowest BCUT2D eigenvalue weighted by Crippen LogP contribution is -2.08. The zero-order valence-corrected chi connectivity index (χ0v) is 10.7. The first-order chi connectivity index (χ1) is 9.11. The SMILES string of the molecule is COc1ccc(OCc2c(C(=O)O)cnn2C)cc1. The topological polar surface area (TPSA) is 73.6 Å². The second-order valence-corrected chi connectivity index (χ2v) is 3.90. The van der Waals surface area contributed by atoms with Gasteiger partial charge in [-0.05, 0) is 24.3 Å². The van der Waals surface area contributed by atoms with Crippen molar-refractivity contribution >= 4 is 5.97 Å². The monoisotopic (exact) mass is 262 g/mol. The molecule has 2 rings (SSSR count). The predicted octanol–water partition coefficient (Wildman–Crippen LogP) is 1.71. The zero-order valence-electron chi connectivity index (χ0n) is 10.7. The molecule has 1 aromatic heterocycles. The van der Waals surface area contributed by atoms with E-state index in [0.29, 0.717) is 11.4 Å². The molecule has 0 saturated heterocycles. The lowest BCUT2D eigenvalue weighted by Gasteiger charge is -2.08. The number of carboxylic acids is 1. The number of aromatic carboxylic acids is 1. The minimum atomic E-state index is -1.01. The van der Waals surface area contributed by atoms with Crippen LogP contribution in [0.25, 0.3) is 0 Å². The van der Waals surface area contributed by atoms with Crippen molar-refractivity contribution in [3.63, 3.8) is 0 Å². The number of carbonyl (C=O) groups is 1. The number of hydrogen-bond acceptors (Lipinski definition) is 4. The summed E-state index contributed by atoms with van der Waals surface area (Å²) in [6, 6.07) is 7.07. The molecule has 0 radical (unpaired) electrons. The van der Waals surface area contributed by atoms with Crippen LogP contribution in [0.3, 0.4) is 0 Å². The van der Waals surface area contributed by atoms with Gasteiger partial charge in [0, 0.05) is 7.05 Å². The van der Waals surface area contributed by atoms with Gasteiger partial charge in [0.25, 0.3) is 0 Å². The number of rotatable bonds is 5. The van der Waals surface area contributed by atoms with E-state index in [0.717, 1.165) is 5.75 Å². The Morgan fingerprint density at radius 3 is 2.53 bits per heavy atom. The molecule has 0 aliphatic carbocycles. The molecule has 6 heteroatoms. The van der Waals surface area contributed by atoms with Gasteiger partial charge in [0.15, 0.2) is 0 Å². The number of methoxy groups -OCH3 is 1. The van der Waals surface area contributed by atoms with Crippen LogP contribution in [0.2, 0.25) is 0 Å². The average molecular weight is 262 g/mol. The molecule has 0 unspecified atom stereocenters. The van der Waals surface area contributed by atoms with Gasteiger partial charge < -0.3 is 14.6 Å². The third-order valence-corrected chi connectivity index (χ3v) is 2.73. The lowest BCUT2D eigenvalue weighted by molar-refractivity contribution is 0.0693. The van der Waals surface area contributed by atoms with Crippen LogP contribution in [-0.4, -0.2) is 28.0 Å². The highest BCUT2D eigenvalue weighted by Gasteiger charge is 2.15. The van der Waals surface area contributed by atoms with E-state index in [9.17, 15) is 4.79 Å². The Kier molecular flexibility index (Phi) is 3.70. The van der Waals surface area contributed by atoms with Gasteiger partial charge in [0.2, 0.25) is 0 Å². The average Bonchev–Trinajstić information content (AvgIpc) is 2.78. The second-order valence-electron chi connectivity index (χ2n) is 3.90. The van der Waals surface area contributed by atoms with Crippen LogP contribution in [-0.2, 0) is 13.7 Å². The first kappa shape index (κ1) is 12.9. The lowest BCUT2D eigenvalue weighted by atomic mass is 10.2. The molecule has 0 atom stereocenters. The van der Waals surface area contributed by atoms with Gasteiger partial charge in [-0.2, -0.15) is 5.10 Å². The number of benzene rings is 1. The Morgan fingerprint density at radius 1 is 1.32 bits per heavy atom. The molecule has 0 bridgehead atoms. The van der Waals surface area contributed by atoms with Gasteiger partial charge in [0.05, 0.1) is 19.0 Å². The summed E-state index contributed by atoms with van der Waals surface area (Å²) >= 11 is 0. The van der Waals surface area contributed by atoms with Crippen LogP contribution >= 0.6 is 0 Å². The molecule has 19 heavy (non-hydrogen) atoms. The third-order valence-electron chi connectivity index (χ3n) is 2.73. The van der Waals surface area contributed by atoms with Crippen LogP contribution in [0.15, 0.2) is 30.5 Å². The smallest absolute Gasteiger partial charge is 0.339 e. The van der Waals surface area contributed by atoms with E-state index in [1.165, 1.54) is 10.9 Å². The summed E-state index contributed by atoms with van der Waals surface area (Å²) in [5.41, 5.74) is 0.666. The summed E-state index contributed by atoms with van der Waals surface area (Å²) in [7, 11) is 3.27. The van der Waals surface area contributed by atoms with Crippen LogP contribution in [0.5, 0.6) is 11.5 Å². The highest BCUT2D eigenvalue weighted by molar-refractivity contribution is 5.88. The molecule has 0 fully saturated rings. The number of carboxylic acid groups (broad SMARTS) is 1. The van der Waals surface area contributed by atoms with Crippen molar-refractivity contribution in [3.05, 3.63) is 41.7 Å². The molecule has 1 N–H and O–H groups in total. The largest absolute Gasteiger partial charge is 0.497 e. The molecule has 1 heterocycles. The molecule has 1 aromatic carbocycles. The predicted molar refractivity (Wildman–Crippen MR) is 67.5 cm³/mol. The Balaban J connectivity index is 2.09. The molecule has 0 aliphatic heterocycles. The Bertz CT molecular complexity index is 575. The van der Waals surface area contributed by atoms with E-state index in [-0.39, 0.29) is 12.2 Å². The van der Waals surface area contributed by atoms with E-state index in [1.807, 2.05) is 0 Å². The summed E-state index contributed by atoms with van der Waals surface area (Å²) in [6.45, 7) is 0.143. The minimum absolute atomic E-state index is 0.143. The third kappa shape index (κ3) is 2.85.